The maximum absolute atomic E-state index is 16.6. The number of hydrogen-bond acceptors (Lipinski definition) is 36. The number of allylic oxidation sites excluding steroid dienone is 1. The first-order valence-electron chi connectivity index (χ1n) is 38.2. The molecule has 20 N–H and O–H groups in total. The minimum atomic E-state index is -2.32. The second kappa shape index (κ2) is 33.5. The molecule has 1 unspecified atom stereocenters. The fourth-order valence-corrected chi connectivity index (χ4v) is 20.7. The Morgan fingerprint density at radius 2 is 1.05 bits per heavy atom. The van der Waals surface area contributed by atoms with Crippen LogP contribution in [0.25, 0.3) is 6.08 Å². The average molecular weight is 1610 g/mol. The number of ether oxygens (including phenoxy) is 14. The largest absolute Gasteiger partial charge is 0.497 e. The molecule has 0 amide bonds. The van der Waals surface area contributed by atoms with Gasteiger partial charge in [0, 0.05) is 11.5 Å². The first-order chi connectivity index (χ1) is 52.8. The summed E-state index contributed by atoms with van der Waals surface area (Å²) in [6.45, 7) is 7.92. The summed E-state index contributed by atoms with van der Waals surface area (Å²) in [6.07, 6.45) is -55.4. The standard InChI is InChI=1S/C75H112O37/c1-29-56(107-62-51(91)44(84)36(81)27-100-62)50(90)54(94)63(101-29)110-60-59(109-66-55(95)58(47(87)39(26-78)105-66)108-64-52(92)48(88)45(85)37(24-76)103-64)57(106-43(83)16-11-31-9-12-32(99-8)13-10-31)30(2)102-67(60)112-69(98)75-20-19-74(28-79)33(34(75)21-70(3,4)23-42(75)82)14-15-40-71(5)22-35(80)61(73(7,68(96)97)41(71)17-18-72(40,74)6)111-65-53(93)49(89)46(86)38(25-77)104-65/h9-14,16,29-30,34-42,44-67,76-82,84-95H,15,17-28H2,1-8H3,(H,96,97)/t29-,30+,34?,35-,36+,37+,38+,39+,40+,41+,42+,44-,45+,46+,47+,48-,49-,50-,51+,52+,53+,54+,55+,56-,57-,58-,59-,60+,61-,62-,63-,64-,65-,66-,67-,71+,72+,73-,74-,75-/m0/s1. The van der Waals surface area contributed by atoms with Gasteiger partial charge in [-0.05, 0) is 130 Å². The van der Waals surface area contributed by atoms with Gasteiger partial charge in [-0.2, -0.15) is 0 Å². The van der Waals surface area contributed by atoms with E-state index >= 15 is 4.79 Å². The summed E-state index contributed by atoms with van der Waals surface area (Å²) in [5.74, 6) is -5.46. The Bertz CT molecular complexity index is 3480. The van der Waals surface area contributed by atoms with E-state index in [0.717, 1.165) is 6.08 Å². The van der Waals surface area contributed by atoms with Crippen molar-refractivity contribution in [2.45, 2.75) is 296 Å². The number of aliphatic hydroxyl groups excluding tert-OH is 19. The molecule has 6 saturated heterocycles. The minimum Gasteiger partial charge on any atom is -0.497 e. The Balaban J connectivity index is 0.919. The number of rotatable bonds is 21. The minimum absolute atomic E-state index is 0.0178. The van der Waals surface area contributed by atoms with E-state index in [1.807, 2.05) is 33.8 Å². The predicted octanol–water partition coefficient (Wildman–Crippen LogP) is -5.44. The van der Waals surface area contributed by atoms with Crippen LogP contribution in [0.5, 0.6) is 5.75 Å². The maximum Gasteiger partial charge on any atom is 0.331 e. The SMILES string of the molecule is COc1ccc(C=CC(=O)O[C@@H]2[C@H](O[C@@H]3O[C@H](CO)[C@@H](O)[C@H](O[C@@H]4O[C@H](CO)[C@@H](O)[C@H](O)[C@H]4O)[C@H]3O)[C@@H](O[C@@H]3O[C@@H](C)[C@H](O[C@@H]4OC[C@@H](O)[C@H](O)[C@H]4O)[C@@H](O)[C@H]3O)[C@H](OC(=O)[C@@]34CC[C@]5(CO)C(=CC[C@@H]6[C@@]7(C)C[C@H](O)[C@H](O[C@@H]8O[C@H](CO)[C@@H](O)[C@H](O)[C@H]8O)[C@@](C)(C(=O)O)[C@@H]7CC[C@]65C)C3CC(C)(C)C[C@H]4O)O[C@@H]2C)cc1. The van der Waals surface area contributed by atoms with E-state index in [4.69, 9.17) is 66.3 Å². The number of fused-ring (bicyclic) bond motifs is 7. The number of carbonyl (C=O) groups is 3. The van der Waals surface area contributed by atoms with Gasteiger partial charge in [-0.3, -0.25) is 9.59 Å². The van der Waals surface area contributed by atoms with Gasteiger partial charge in [0.2, 0.25) is 6.29 Å². The number of carboxylic acids is 1. The van der Waals surface area contributed by atoms with Gasteiger partial charge in [0.25, 0.3) is 0 Å². The van der Waals surface area contributed by atoms with E-state index in [2.05, 4.69) is 0 Å². The lowest BCUT2D eigenvalue weighted by Gasteiger charge is -2.71. The Labute approximate surface area is 644 Å². The predicted molar refractivity (Wildman–Crippen MR) is 371 cm³/mol. The second-order valence-electron chi connectivity index (χ2n) is 33.9. The molecule has 0 radical (unpaired) electrons. The molecule has 1 aromatic rings. The molecule has 4 saturated carbocycles. The highest BCUT2D eigenvalue weighted by molar-refractivity contribution is 5.87. The molecule has 10 fully saturated rings. The number of benzene rings is 1. The fraction of sp³-hybridized carbons (Fsp3) is 0.827. The van der Waals surface area contributed by atoms with Crippen LogP contribution in [-0.2, 0) is 76.0 Å². The number of carboxylic acid groups (broad SMARTS) is 1. The quantitative estimate of drug-likeness (QED) is 0.0236. The average Bonchev–Trinajstić information content (AvgIpc) is 0.666. The monoisotopic (exact) mass is 1600 g/mol. The second-order valence-corrected chi connectivity index (χ2v) is 33.9. The molecule has 634 valence electrons. The molecule has 0 bridgehead atoms. The maximum atomic E-state index is 16.6. The molecule has 1 aromatic carbocycles. The van der Waals surface area contributed by atoms with Gasteiger partial charge >= 0.3 is 17.9 Å². The zero-order valence-corrected chi connectivity index (χ0v) is 63.3. The molecule has 11 aliphatic rings. The number of aliphatic carboxylic acids is 1. The molecule has 0 aromatic heterocycles. The molecule has 112 heavy (non-hydrogen) atoms. The fourth-order valence-electron chi connectivity index (χ4n) is 20.7. The normalized spacial score (nSPS) is 50.2. The van der Waals surface area contributed by atoms with Crippen molar-refractivity contribution in [3.8, 4) is 5.75 Å². The van der Waals surface area contributed by atoms with Gasteiger partial charge < -0.3 is 168 Å². The van der Waals surface area contributed by atoms with Crippen molar-refractivity contribution < 1.29 is 183 Å². The topological polar surface area (TPSA) is 585 Å². The van der Waals surface area contributed by atoms with E-state index in [0.29, 0.717) is 16.9 Å². The van der Waals surface area contributed by atoms with Gasteiger partial charge in [-0.25, -0.2) is 4.79 Å². The van der Waals surface area contributed by atoms with E-state index in [1.165, 1.54) is 34.0 Å². The molecule has 6 aliphatic heterocycles. The van der Waals surface area contributed by atoms with E-state index in [1.54, 1.807) is 24.3 Å². The number of hydrogen-bond donors (Lipinski definition) is 20. The highest BCUT2D eigenvalue weighted by Gasteiger charge is 2.75. The zero-order valence-electron chi connectivity index (χ0n) is 63.3. The van der Waals surface area contributed by atoms with E-state index in [-0.39, 0.29) is 51.4 Å². The molecule has 37 heteroatoms. The van der Waals surface area contributed by atoms with Crippen molar-refractivity contribution in [2.24, 2.45) is 50.2 Å². The van der Waals surface area contributed by atoms with Gasteiger partial charge in [0.05, 0.1) is 70.0 Å². The summed E-state index contributed by atoms with van der Waals surface area (Å²) in [5.41, 5.74) is -6.96. The lowest BCUT2D eigenvalue weighted by atomic mass is 9.33. The summed E-state index contributed by atoms with van der Waals surface area (Å²) in [5, 5.41) is 225. The van der Waals surface area contributed by atoms with Crippen LogP contribution in [0.15, 0.2) is 42.0 Å². The first kappa shape index (κ1) is 87.0. The van der Waals surface area contributed by atoms with Crippen LogP contribution in [0.3, 0.4) is 0 Å². The smallest absolute Gasteiger partial charge is 0.331 e. The van der Waals surface area contributed by atoms with Gasteiger partial charge in [0.15, 0.2) is 43.7 Å². The van der Waals surface area contributed by atoms with Gasteiger partial charge in [-0.15, -0.1) is 0 Å². The Kier molecular flexibility index (Phi) is 26.0. The molecule has 5 aliphatic carbocycles. The number of carbonyl (C=O) groups excluding carboxylic acids is 2. The third kappa shape index (κ3) is 15.1. The first-order valence-corrected chi connectivity index (χ1v) is 38.2. The van der Waals surface area contributed by atoms with Gasteiger partial charge in [-0.1, -0.05) is 51.5 Å². The highest BCUT2D eigenvalue weighted by atomic mass is 16.8. The van der Waals surface area contributed by atoms with E-state index < -0.39 is 298 Å². The lowest BCUT2D eigenvalue weighted by molar-refractivity contribution is -0.398. The molecule has 37 nitrogen and oxygen atoms in total. The molecule has 6 heterocycles. The number of methoxy groups -OCH3 is 1. The van der Waals surface area contributed by atoms with Crippen LogP contribution in [0, 0.1) is 50.2 Å². The van der Waals surface area contributed by atoms with Crippen LogP contribution >= 0.6 is 0 Å². The Hall–Kier alpha value is -4.29. The summed E-state index contributed by atoms with van der Waals surface area (Å²) < 4.78 is 85.3. The van der Waals surface area contributed by atoms with Crippen LogP contribution in [0.4, 0.5) is 0 Å². The molecule has 40 atom stereocenters. The number of esters is 2. The third-order valence-electron chi connectivity index (χ3n) is 26.9. The van der Waals surface area contributed by atoms with Crippen LogP contribution in [0.1, 0.15) is 105 Å². The lowest BCUT2D eigenvalue weighted by Crippen LogP contribution is -2.71. The van der Waals surface area contributed by atoms with Crippen molar-refractivity contribution in [2.75, 3.05) is 40.1 Å². The highest BCUT2D eigenvalue weighted by Crippen LogP contribution is 2.76. The summed E-state index contributed by atoms with van der Waals surface area (Å²) in [7, 11) is 1.45. The van der Waals surface area contributed by atoms with Crippen molar-refractivity contribution in [1.29, 1.82) is 0 Å². The van der Waals surface area contributed by atoms with Crippen LogP contribution < -0.4 is 4.74 Å². The molecule has 0 spiro atoms. The summed E-state index contributed by atoms with van der Waals surface area (Å²) >= 11 is 0. The third-order valence-corrected chi connectivity index (χ3v) is 26.9. The van der Waals surface area contributed by atoms with Crippen molar-refractivity contribution in [3.63, 3.8) is 0 Å². The van der Waals surface area contributed by atoms with Crippen LogP contribution in [-0.4, -0.2) is 357 Å². The van der Waals surface area contributed by atoms with Gasteiger partial charge in [0.1, 0.15) is 133 Å². The molecular weight excluding hydrogens is 1490 g/mol. The van der Waals surface area contributed by atoms with Crippen molar-refractivity contribution >= 4 is 24.0 Å². The zero-order chi connectivity index (χ0) is 81.7. The Morgan fingerprint density at radius 3 is 1.65 bits per heavy atom. The molecule has 12 rings (SSSR count). The van der Waals surface area contributed by atoms with Crippen molar-refractivity contribution in [3.05, 3.63) is 47.6 Å². The number of aliphatic hydroxyl groups is 19. The summed E-state index contributed by atoms with van der Waals surface area (Å²) in [6, 6.07) is 6.46. The molecular formula is C75H112O37. The summed E-state index contributed by atoms with van der Waals surface area (Å²) in [4.78, 5) is 45.1. The van der Waals surface area contributed by atoms with E-state index in [9.17, 15) is 112 Å². The van der Waals surface area contributed by atoms with Crippen molar-refractivity contribution in [1.82, 2.24) is 0 Å². The van der Waals surface area contributed by atoms with Crippen LogP contribution in [0.2, 0.25) is 0 Å². The Morgan fingerprint density at radius 1 is 0.518 bits per heavy atom.